The maximum Gasteiger partial charge on any atom is 0.441 e. The molecule has 0 aromatic heterocycles. The monoisotopic (exact) mass is 258 g/mol. The van der Waals surface area contributed by atoms with Crippen LogP contribution in [0.15, 0.2) is 0 Å². The zero-order valence-electron chi connectivity index (χ0n) is 10.3. The van der Waals surface area contributed by atoms with Gasteiger partial charge >= 0.3 is 5.51 Å². The van der Waals surface area contributed by atoms with Crippen molar-refractivity contribution in [2.75, 3.05) is 32.4 Å². The van der Waals surface area contributed by atoms with E-state index >= 15 is 0 Å². The second-order valence-electron chi connectivity index (χ2n) is 4.77. The molecule has 16 heavy (non-hydrogen) atoms. The summed E-state index contributed by atoms with van der Waals surface area (Å²) in [4.78, 5) is 1.90. The summed E-state index contributed by atoms with van der Waals surface area (Å²) in [6, 6.07) is 0. The molecule has 0 unspecified atom stereocenters. The Morgan fingerprint density at radius 1 is 1.12 bits per heavy atom. The molecule has 0 saturated heterocycles. The van der Waals surface area contributed by atoms with Gasteiger partial charge in [0.2, 0.25) is 0 Å². The van der Waals surface area contributed by atoms with Crippen LogP contribution in [0.5, 0.6) is 0 Å². The summed E-state index contributed by atoms with van der Waals surface area (Å²) in [6.07, 6.45) is 0. The van der Waals surface area contributed by atoms with E-state index in [2.05, 4.69) is 26.1 Å². The van der Waals surface area contributed by atoms with Crippen LogP contribution in [-0.2, 0) is 0 Å². The van der Waals surface area contributed by atoms with Crippen molar-refractivity contribution in [1.29, 1.82) is 0 Å². The summed E-state index contributed by atoms with van der Waals surface area (Å²) >= 11 is 0.0388. The van der Waals surface area contributed by atoms with Crippen LogP contribution in [0.4, 0.5) is 13.2 Å². The minimum Gasteiger partial charge on any atom is -0.311 e. The molecule has 0 bridgehead atoms. The molecule has 0 fully saturated rings. The van der Waals surface area contributed by atoms with E-state index in [0.717, 1.165) is 13.1 Å². The van der Waals surface area contributed by atoms with Gasteiger partial charge in [0.15, 0.2) is 0 Å². The third-order valence-corrected chi connectivity index (χ3v) is 2.60. The van der Waals surface area contributed by atoms with E-state index in [9.17, 15) is 13.2 Å². The first-order valence-electron chi connectivity index (χ1n) is 5.24. The molecule has 0 atom stereocenters. The SMILES string of the molecule is CN(CCNC(C)(C)C)CCSC(F)(F)F. The average molecular weight is 258 g/mol. The predicted molar refractivity (Wildman–Crippen MR) is 63.8 cm³/mol. The number of rotatable bonds is 6. The van der Waals surface area contributed by atoms with Gasteiger partial charge in [0.05, 0.1) is 0 Å². The quantitative estimate of drug-likeness (QED) is 0.788. The van der Waals surface area contributed by atoms with Crippen molar-refractivity contribution in [3.8, 4) is 0 Å². The Balaban J connectivity index is 3.49. The Morgan fingerprint density at radius 3 is 2.12 bits per heavy atom. The van der Waals surface area contributed by atoms with E-state index in [1.165, 1.54) is 0 Å². The van der Waals surface area contributed by atoms with Crippen molar-refractivity contribution in [1.82, 2.24) is 10.2 Å². The Labute approximate surface area is 100.0 Å². The Kier molecular flexibility index (Phi) is 6.74. The lowest BCUT2D eigenvalue weighted by Gasteiger charge is -2.23. The fourth-order valence-electron chi connectivity index (χ4n) is 1.05. The minimum absolute atomic E-state index is 0.0388. The third-order valence-electron chi connectivity index (χ3n) is 1.89. The number of thioether (sulfide) groups is 1. The van der Waals surface area contributed by atoms with Gasteiger partial charge < -0.3 is 10.2 Å². The second-order valence-corrected chi connectivity index (χ2v) is 5.93. The minimum atomic E-state index is -4.11. The van der Waals surface area contributed by atoms with Gasteiger partial charge in [-0.3, -0.25) is 0 Å². The van der Waals surface area contributed by atoms with Crippen molar-refractivity contribution >= 4 is 11.8 Å². The van der Waals surface area contributed by atoms with Crippen LogP contribution in [0.2, 0.25) is 0 Å². The lowest BCUT2D eigenvalue weighted by molar-refractivity contribution is -0.0328. The van der Waals surface area contributed by atoms with Crippen molar-refractivity contribution in [2.45, 2.75) is 31.8 Å². The number of nitrogens with one attached hydrogen (secondary N) is 1. The maximum absolute atomic E-state index is 11.8. The number of halogens is 3. The van der Waals surface area contributed by atoms with Crippen LogP contribution < -0.4 is 5.32 Å². The Bertz CT molecular complexity index is 169. The van der Waals surface area contributed by atoms with Crippen LogP contribution in [-0.4, -0.2) is 48.4 Å². The molecule has 0 spiro atoms. The molecule has 2 nitrogen and oxygen atoms in total. The highest BCUT2D eigenvalue weighted by Crippen LogP contribution is 2.29. The first-order chi connectivity index (χ1) is 7.10. The smallest absolute Gasteiger partial charge is 0.311 e. The van der Waals surface area contributed by atoms with Crippen molar-refractivity contribution in [3.05, 3.63) is 0 Å². The average Bonchev–Trinajstić information content (AvgIpc) is 1.98. The molecule has 0 saturated carbocycles. The molecule has 0 aliphatic heterocycles. The van der Waals surface area contributed by atoms with Crippen molar-refractivity contribution in [2.24, 2.45) is 0 Å². The zero-order chi connectivity index (χ0) is 12.8. The highest BCUT2D eigenvalue weighted by atomic mass is 32.2. The molecule has 0 aliphatic carbocycles. The van der Waals surface area contributed by atoms with Gasteiger partial charge in [-0.2, -0.15) is 13.2 Å². The van der Waals surface area contributed by atoms with Crippen LogP contribution in [0.25, 0.3) is 0 Å². The van der Waals surface area contributed by atoms with Crippen LogP contribution in [0.1, 0.15) is 20.8 Å². The molecule has 98 valence electrons. The van der Waals surface area contributed by atoms with Crippen LogP contribution in [0.3, 0.4) is 0 Å². The lowest BCUT2D eigenvalue weighted by atomic mass is 10.1. The zero-order valence-corrected chi connectivity index (χ0v) is 11.1. The molecule has 0 aromatic carbocycles. The first kappa shape index (κ1) is 16.1. The van der Waals surface area contributed by atoms with Crippen LogP contribution in [0, 0.1) is 0 Å². The van der Waals surface area contributed by atoms with E-state index in [1.807, 2.05) is 11.9 Å². The van der Waals surface area contributed by atoms with Gasteiger partial charge in [-0.25, -0.2) is 0 Å². The Morgan fingerprint density at radius 2 is 1.69 bits per heavy atom. The molecule has 0 amide bonds. The number of hydrogen-bond acceptors (Lipinski definition) is 3. The molecular formula is C10H21F3N2S. The van der Waals surface area contributed by atoms with E-state index in [1.54, 1.807) is 0 Å². The predicted octanol–water partition coefficient (Wildman–Crippen LogP) is 2.56. The molecular weight excluding hydrogens is 237 g/mol. The van der Waals surface area contributed by atoms with E-state index in [0.29, 0.717) is 6.54 Å². The van der Waals surface area contributed by atoms with Gasteiger partial charge in [0.25, 0.3) is 0 Å². The standard InChI is InChI=1S/C10H21F3N2S/c1-9(2,3)14-5-6-15(4)7-8-16-10(11,12)13/h14H,5-8H2,1-4H3. The molecule has 1 N–H and O–H groups in total. The second kappa shape index (κ2) is 6.71. The van der Waals surface area contributed by atoms with E-state index < -0.39 is 5.51 Å². The molecule has 0 aromatic rings. The summed E-state index contributed by atoms with van der Waals surface area (Å²) in [5.74, 6) is 0.0928. The van der Waals surface area contributed by atoms with Gasteiger partial charge in [-0.15, -0.1) is 0 Å². The normalized spacial score (nSPS) is 13.5. The third kappa shape index (κ3) is 12.1. The summed E-state index contributed by atoms with van der Waals surface area (Å²) in [5.41, 5.74) is -4.05. The summed E-state index contributed by atoms with van der Waals surface area (Å²) < 4.78 is 35.5. The fourth-order valence-corrected chi connectivity index (χ4v) is 1.69. The summed E-state index contributed by atoms with van der Waals surface area (Å²) in [5, 5.41) is 3.29. The number of hydrogen-bond donors (Lipinski definition) is 1. The topological polar surface area (TPSA) is 15.3 Å². The molecule has 0 rings (SSSR count). The summed E-state index contributed by atoms with van der Waals surface area (Å²) in [7, 11) is 1.83. The largest absolute Gasteiger partial charge is 0.441 e. The van der Waals surface area contributed by atoms with Gasteiger partial charge in [-0.05, 0) is 39.6 Å². The number of likely N-dealkylation sites (N-methyl/N-ethyl adjacent to an activating group) is 1. The highest BCUT2D eigenvalue weighted by Gasteiger charge is 2.27. The number of alkyl halides is 3. The molecule has 0 radical (unpaired) electrons. The first-order valence-corrected chi connectivity index (χ1v) is 6.23. The number of nitrogens with zero attached hydrogens (tertiary/aromatic N) is 1. The van der Waals surface area contributed by atoms with E-state index in [4.69, 9.17) is 0 Å². The van der Waals surface area contributed by atoms with Crippen LogP contribution >= 0.6 is 11.8 Å². The molecule has 0 heterocycles. The van der Waals surface area contributed by atoms with Gasteiger partial charge in [-0.1, -0.05) is 0 Å². The maximum atomic E-state index is 11.8. The van der Waals surface area contributed by atoms with Crippen molar-refractivity contribution in [3.63, 3.8) is 0 Å². The fraction of sp³-hybridized carbons (Fsp3) is 1.00. The van der Waals surface area contributed by atoms with Crippen molar-refractivity contribution < 1.29 is 13.2 Å². The lowest BCUT2D eigenvalue weighted by Crippen LogP contribution is -2.41. The highest BCUT2D eigenvalue weighted by molar-refractivity contribution is 8.00. The van der Waals surface area contributed by atoms with Gasteiger partial charge in [0, 0.05) is 30.9 Å². The molecule has 0 aliphatic rings. The van der Waals surface area contributed by atoms with E-state index in [-0.39, 0.29) is 23.1 Å². The summed E-state index contributed by atoms with van der Waals surface area (Å²) in [6.45, 7) is 8.19. The Hall–Kier alpha value is 0.0600. The molecule has 6 heteroatoms. The van der Waals surface area contributed by atoms with Gasteiger partial charge in [0.1, 0.15) is 0 Å².